The van der Waals surface area contributed by atoms with E-state index in [1.165, 1.54) is 30.0 Å². The molecule has 0 saturated carbocycles. The van der Waals surface area contributed by atoms with Crippen LogP contribution in [-0.2, 0) is 0 Å². The Hall–Kier alpha value is -3.30. The van der Waals surface area contributed by atoms with Crippen molar-refractivity contribution in [2.24, 2.45) is 0 Å². The molecule has 0 aliphatic heterocycles. The molecule has 0 bridgehead atoms. The molecular weight excluding hydrogens is 404 g/mol. The van der Waals surface area contributed by atoms with Crippen molar-refractivity contribution in [1.29, 1.82) is 10.5 Å². The first kappa shape index (κ1) is 23.0. The van der Waals surface area contributed by atoms with Gasteiger partial charge >= 0.3 is 5.63 Å². The Morgan fingerprint density at radius 3 is 2.47 bits per heavy atom. The molecule has 0 N–H and O–H groups in total. The van der Waals surface area contributed by atoms with Crippen molar-refractivity contribution < 1.29 is 9.34 Å². The van der Waals surface area contributed by atoms with Gasteiger partial charge in [0.2, 0.25) is 0 Å². The third kappa shape index (κ3) is 4.81. The van der Waals surface area contributed by atoms with Crippen molar-refractivity contribution in [1.82, 2.24) is 0 Å². The summed E-state index contributed by atoms with van der Waals surface area (Å²) in [5.74, 6) is 0.677. The average molecular weight is 426 g/mol. The Labute approximate surface area is 178 Å². The Morgan fingerprint density at radius 2 is 1.93 bits per heavy atom. The molecule has 1 heterocycles. The van der Waals surface area contributed by atoms with Crippen LogP contribution in [0, 0.1) is 32.8 Å². The Morgan fingerprint density at radius 1 is 1.27 bits per heavy atom. The first-order valence-electron chi connectivity index (χ1n) is 9.60. The Kier molecular flexibility index (Phi) is 8.02. The number of benzene rings is 1. The summed E-state index contributed by atoms with van der Waals surface area (Å²) in [4.78, 5) is 26.3. The summed E-state index contributed by atoms with van der Waals surface area (Å²) in [6.07, 6.45) is 2.99. The van der Waals surface area contributed by atoms with Gasteiger partial charge in [0.1, 0.15) is 29.0 Å². The fourth-order valence-corrected chi connectivity index (χ4v) is 4.26. The van der Waals surface area contributed by atoms with Crippen LogP contribution in [0.1, 0.15) is 39.2 Å². The zero-order chi connectivity index (χ0) is 22.3. The van der Waals surface area contributed by atoms with E-state index in [4.69, 9.17) is 14.9 Å². The summed E-state index contributed by atoms with van der Waals surface area (Å²) in [6, 6.07) is 6.40. The van der Waals surface area contributed by atoms with E-state index in [2.05, 4.69) is 0 Å². The first-order chi connectivity index (χ1) is 14.4. The van der Waals surface area contributed by atoms with Crippen LogP contribution in [0.25, 0.3) is 17.0 Å². The number of allylic oxidation sites excluding steroid dienone is 1. The molecule has 0 saturated heterocycles. The average Bonchev–Trinajstić information content (AvgIpc) is 2.73. The zero-order valence-corrected chi connectivity index (χ0v) is 17.9. The van der Waals surface area contributed by atoms with Gasteiger partial charge in [-0.15, -0.1) is 11.8 Å². The van der Waals surface area contributed by atoms with Gasteiger partial charge < -0.3 is 9.32 Å². The maximum atomic E-state index is 12.7. The minimum absolute atomic E-state index is 0.0617. The van der Waals surface area contributed by atoms with Gasteiger partial charge in [-0.2, -0.15) is 10.5 Å². The third-order valence-electron chi connectivity index (χ3n) is 4.56. The SMILES string of the molecule is CCCCSc1c(C=C(C#N)C#N)c(=O)oc2cc(N(CC)CC)c([N+](=O)[O-])cc12. The van der Waals surface area contributed by atoms with E-state index in [9.17, 15) is 14.9 Å². The van der Waals surface area contributed by atoms with Crippen LogP contribution in [0.3, 0.4) is 0 Å². The number of nitro benzene ring substituents is 1. The second-order valence-corrected chi connectivity index (χ2v) is 7.49. The second-order valence-electron chi connectivity index (χ2n) is 6.38. The Balaban J connectivity index is 2.90. The van der Waals surface area contributed by atoms with Crippen LogP contribution in [0.15, 0.2) is 31.8 Å². The van der Waals surface area contributed by atoms with Crippen molar-refractivity contribution in [3.63, 3.8) is 0 Å². The molecular formula is C21H22N4O4S. The summed E-state index contributed by atoms with van der Waals surface area (Å²) in [7, 11) is 0. The van der Waals surface area contributed by atoms with Gasteiger partial charge in [0, 0.05) is 35.5 Å². The number of anilines is 1. The number of thioether (sulfide) groups is 1. The normalized spacial score (nSPS) is 10.3. The molecule has 0 unspecified atom stereocenters. The largest absolute Gasteiger partial charge is 0.422 e. The summed E-state index contributed by atoms with van der Waals surface area (Å²) in [5, 5.41) is 30.4. The van der Waals surface area contributed by atoms with Crippen LogP contribution < -0.4 is 10.5 Å². The molecule has 2 rings (SSSR count). The highest BCUT2D eigenvalue weighted by molar-refractivity contribution is 7.99. The maximum Gasteiger partial charge on any atom is 0.344 e. The lowest BCUT2D eigenvalue weighted by molar-refractivity contribution is -0.384. The number of rotatable bonds is 9. The molecule has 156 valence electrons. The van der Waals surface area contributed by atoms with Crippen molar-refractivity contribution in [2.45, 2.75) is 38.5 Å². The molecule has 1 aromatic heterocycles. The predicted octanol–water partition coefficient (Wildman–Crippen LogP) is 4.87. The van der Waals surface area contributed by atoms with Gasteiger partial charge in [0.25, 0.3) is 5.69 Å². The molecule has 2 aromatic rings. The van der Waals surface area contributed by atoms with E-state index in [-0.39, 0.29) is 22.4 Å². The number of hydrogen-bond donors (Lipinski definition) is 0. The number of nitro groups is 1. The van der Waals surface area contributed by atoms with Gasteiger partial charge in [-0.1, -0.05) is 13.3 Å². The van der Waals surface area contributed by atoms with Gasteiger partial charge in [-0.05, 0) is 32.1 Å². The van der Waals surface area contributed by atoms with Crippen LogP contribution in [0.5, 0.6) is 0 Å². The summed E-state index contributed by atoms with van der Waals surface area (Å²) in [6.45, 7) is 6.92. The topological polar surface area (TPSA) is 124 Å². The number of hydrogen-bond acceptors (Lipinski definition) is 8. The zero-order valence-electron chi connectivity index (χ0n) is 17.1. The van der Waals surface area contributed by atoms with Crippen molar-refractivity contribution in [2.75, 3.05) is 23.7 Å². The number of nitrogens with zero attached hydrogens (tertiary/aromatic N) is 4. The lowest BCUT2D eigenvalue weighted by atomic mass is 10.1. The molecule has 0 atom stereocenters. The fraction of sp³-hybridized carbons (Fsp3) is 0.381. The van der Waals surface area contributed by atoms with E-state index in [0.29, 0.717) is 34.8 Å². The van der Waals surface area contributed by atoms with Gasteiger partial charge in [-0.25, -0.2) is 4.79 Å². The minimum atomic E-state index is -0.691. The molecule has 0 aliphatic rings. The summed E-state index contributed by atoms with van der Waals surface area (Å²) < 4.78 is 5.46. The molecule has 0 aliphatic carbocycles. The van der Waals surface area contributed by atoms with E-state index in [1.807, 2.05) is 25.7 Å². The highest BCUT2D eigenvalue weighted by Crippen LogP contribution is 2.38. The van der Waals surface area contributed by atoms with Gasteiger partial charge in [-0.3, -0.25) is 10.1 Å². The molecule has 0 radical (unpaired) electrons. The highest BCUT2D eigenvalue weighted by Gasteiger charge is 2.23. The molecule has 0 spiro atoms. The third-order valence-corrected chi connectivity index (χ3v) is 5.78. The van der Waals surface area contributed by atoms with Crippen molar-refractivity contribution in [3.8, 4) is 12.1 Å². The molecule has 0 fully saturated rings. The molecule has 30 heavy (non-hydrogen) atoms. The molecule has 1 aromatic carbocycles. The van der Waals surface area contributed by atoms with Crippen LogP contribution >= 0.6 is 11.8 Å². The monoisotopic (exact) mass is 426 g/mol. The van der Waals surface area contributed by atoms with E-state index in [0.717, 1.165) is 12.8 Å². The Bertz CT molecular complexity index is 1100. The second kappa shape index (κ2) is 10.5. The summed E-state index contributed by atoms with van der Waals surface area (Å²) >= 11 is 1.36. The smallest absolute Gasteiger partial charge is 0.344 e. The molecule has 0 amide bonds. The molecule has 9 heteroatoms. The van der Waals surface area contributed by atoms with Crippen molar-refractivity contribution in [3.05, 3.63) is 43.8 Å². The standard InChI is InChI=1S/C21H22N4O4S/c1-4-7-8-30-20-15-10-18(25(27)28)17(24(5-2)6-3)11-19(15)29-21(26)16(20)9-14(12-22)13-23/h9-11H,4-8H2,1-3H3. The van der Waals surface area contributed by atoms with Crippen LogP contribution in [-0.4, -0.2) is 23.8 Å². The van der Waals surface area contributed by atoms with E-state index >= 15 is 0 Å². The van der Waals surface area contributed by atoms with E-state index < -0.39 is 10.5 Å². The quantitative estimate of drug-likeness (QED) is 0.139. The number of nitriles is 2. The molecule has 8 nitrogen and oxygen atoms in total. The van der Waals surface area contributed by atoms with Crippen molar-refractivity contribution >= 4 is 40.2 Å². The lowest BCUT2D eigenvalue weighted by Crippen LogP contribution is -2.23. The minimum Gasteiger partial charge on any atom is -0.422 e. The van der Waals surface area contributed by atoms with E-state index in [1.54, 1.807) is 12.1 Å². The number of unbranched alkanes of at least 4 members (excludes halogenated alkanes) is 1. The first-order valence-corrected chi connectivity index (χ1v) is 10.6. The number of fused-ring (bicyclic) bond motifs is 1. The van der Waals surface area contributed by atoms with Crippen LogP contribution in [0.2, 0.25) is 0 Å². The fourth-order valence-electron chi connectivity index (χ4n) is 3.01. The lowest BCUT2D eigenvalue weighted by Gasteiger charge is -2.21. The van der Waals surface area contributed by atoms with Gasteiger partial charge in [0.05, 0.1) is 10.5 Å². The highest BCUT2D eigenvalue weighted by atomic mass is 32.2. The maximum absolute atomic E-state index is 12.7. The van der Waals surface area contributed by atoms with Gasteiger partial charge in [0.15, 0.2) is 0 Å². The predicted molar refractivity (Wildman–Crippen MR) is 118 cm³/mol. The van der Waals surface area contributed by atoms with Crippen LogP contribution in [0.4, 0.5) is 11.4 Å². The summed E-state index contributed by atoms with van der Waals surface area (Å²) in [5.41, 5.74) is -0.348.